The number of hydrogen-bond acceptors (Lipinski definition) is 13. The molecule has 276 valence electrons. The highest BCUT2D eigenvalue weighted by Crippen LogP contribution is 2.54. The fraction of sp³-hybridized carbons (Fsp3) is 0.526. The third kappa shape index (κ3) is 6.10. The Balaban J connectivity index is 1.15. The molecule has 2 aromatic rings. The fourth-order valence-corrected chi connectivity index (χ4v) is 8.51. The van der Waals surface area contributed by atoms with Crippen molar-refractivity contribution in [2.24, 2.45) is 17.8 Å². The molecule has 4 aliphatic carbocycles. The van der Waals surface area contributed by atoms with Crippen LogP contribution < -0.4 is 10.1 Å². The Morgan fingerprint density at radius 2 is 1.73 bits per heavy atom. The fourth-order valence-electron chi connectivity index (χ4n) is 8.51. The zero-order chi connectivity index (χ0) is 37.1. The number of aromatic hydroxyl groups is 2. The number of ether oxygens (including phenoxy) is 4. The van der Waals surface area contributed by atoms with E-state index in [0.717, 1.165) is 25.7 Å². The number of aliphatic hydroxyl groups is 3. The van der Waals surface area contributed by atoms with Crippen molar-refractivity contribution in [3.63, 3.8) is 0 Å². The molecule has 5 aliphatic rings. The Morgan fingerprint density at radius 3 is 2.40 bits per heavy atom. The summed E-state index contributed by atoms with van der Waals surface area (Å²) in [6.45, 7) is 0.726. The minimum Gasteiger partial charge on any atom is -0.507 e. The van der Waals surface area contributed by atoms with Gasteiger partial charge >= 0.3 is 6.09 Å². The van der Waals surface area contributed by atoms with Crippen LogP contribution in [-0.2, 0) is 25.4 Å². The van der Waals surface area contributed by atoms with Gasteiger partial charge in [0.1, 0.15) is 35.6 Å². The number of fused-ring (bicyclic) bond motifs is 4. The predicted molar refractivity (Wildman–Crippen MR) is 179 cm³/mol. The second kappa shape index (κ2) is 13.8. The van der Waals surface area contributed by atoms with Crippen LogP contribution >= 0.6 is 0 Å². The molecule has 1 aliphatic heterocycles. The van der Waals surface area contributed by atoms with E-state index in [9.17, 15) is 44.7 Å². The molecular formula is C38H41NO13. The molecule has 14 nitrogen and oxygen atoms in total. The quantitative estimate of drug-likeness (QED) is 0.146. The molecule has 2 aromatic carbocycles. The number of phenolic OH excluding ortho intramolecular Hbond substituents is 2. The van der Waals surface area contributed by atoms with E-state index in [1.807, 2.05) is 0 Å². The average molecular weight is 720 g/mol. The van der Waals surface area contributed by atoms with Crippen molar-refractivity contribution in [2.75, 3.05) is 20.3 Å². The van der Waals surface area contributed by atoms with Crippen LogP contribution in [0.25, 0.3) is 0 Å². The molecule has 9 atom stereocenters. The standard InChI is InChI=1S/C38H41NO13/c1-17-32(42)23(39-37(47)50-16-22-18-8-5-3-4-6-9-19(18)22)12-27(51-17)52-25-14-38(48,26(41)15-40)13-21-29(25)36(46)31-30(34(21)44)33(43)20-10-7-11-24(49-2)28(20)35(31)45/h7,10-11,17-19,22-23,25,27,32,40,42,44,46,48H,5-6,8-9,12-16H2,1-2H3,(H,39,47)/t17-,18+,19?,22?,23-,25-,27-,32+,38-/m0/s1. The van der Waals surface area contributed by atoms with Crippen molar-refractivity contribution in [1.29, 1.82) is 0 Å². The molecule has 1 saturated heterocycles. The first-order valence-electron chi connectivity index (χ1n) is 17.5. The van der Waals surface area contributed by atoms with Gasteiger partial charge in [-0.25, -0.2) is 4.79 Å². The van der Waals surface area contributed by atoms with Crippen molar-refractivity contribution >= 4 is 23.4 Å². The van der Waals surface area contributed by atoms with Gasteiger partial charge in [-0.1, -0.05) is 12.1 Å². The number of ketones is 3. The molecule has 52 heavy (non-hydrogen) atoms. The van der Waals surface area contributed by atoms with Gasteiger partial charge in [-0.15, -0.1) is 11.8 Å². The van der Waals surface area contributed by atoms with Crippen LogP contribution in [0.5, 0.6) is 17.2 Å². The van der Waals surface area contributed by atoms with Gasteiger partial charge in [-0.05, 0) is 43.6 Å². The summed E-state index contributed by atoms with van der Waals surface area (Å²) in [4.78, 5) is 53.5. The third-order valence-electron chi connectivity index (χ3n) is 11.3. The maximum atomic E-state index is 13.9. The van der Waals surface area contributed by atoms with Crippen molar-refractivity contribution < 1.29 is 63.7 Å². The smallest absolute Gasteiger partial charge is 0.407 e. The molecule has 1 amide bonds. The van der Waals surface area contributed by atoms with E-state index < -0.39 is 102 Å². The average Bonchev–Trinajstić information content (AvgIpc) is 3.77. The van der Waals surface area contributed by atoms with E-state index in [1.54, 1.807) is 6.92 Å². The van der Waals surface area contributed by atoms with Gasteiger partial charge < -0.3 is 49.8 Å². The van der Waals surface area contributed by atoms with E-state index in [1.165, 1.54) is 25.3 Å². The summed E-state index contributed by atoms with van der Waals surface area (Å²) < 4.78 is 23.0. The lowest BCUT2D eigenvalue weighted by molar-refractivity contribution is -0.249. The number of hydrogen-bond donors (Lipinski definition) is 6. The SMILES string of the molecule is COc1cccc2c1C(=O)c1c(O)c3c(c(O)c1C2=O)C[C@@](O)(C(=O)CO)C[C@@H]3O[C@H]1C[C@H](NC(=O)OCC2C3CCC#CCC[C@H]32)[C@H](O)[C@H](C)O1. The third-order valence-corrected chi connectivity index (χ3v) is 11.3. The summed E-state index contributed by atoms with van der Waals surface area (Å²) in [6, 6.07) is 3.42. The molecule has 0 radical (unpaired) electrons. The number of Topliss-reactive ketones (excluding diaryl/α,β-unsaturated/α-hetero) is 1. The second-order valence-electron chi connectivity index (χ2n) is 14.3. The van der Waals surface area contributed by atoms with E-state index in [4.69, 9.17) is 18.9 Å². The van der Waals surface area contributed by atoms with Crippen LogP contribution in [0.3, 0.4) is 0 Å². The lowest BCUT2D eigenvalue weighted by Crippen LogP contribution is -2.56. The highest BCUT2D eigenvalue weighted by molar-refractivity contribution is 6.31. The monoisotopic (exact) mass is 719 g/mol. The molecule has 7 rings (SSSR count). The number of carbonyl (C=O) groups is 4. The van der Waals surface area contributed by atoms with Crippen molar-refractivity contribution in [2.45, 2.75) is 88.1 Å². The zero-order valence-electron chi connectivity index (χ0n) is 28.7. The minimum atomic E-state index is -2.32. The normalized spacial score (nSPS) is 31.6. The number of carbonyl (C=O) groups excluding carboxylic acids is 4. The number of methoxy groups -OCH3 is 1. The molecular weight excluding hydrogens is 678 g/mol. The highest BCUT2D eigenvalue weighted by Gasteiger charge is 2.51. The molecule has 2 fully saturated rings. The Hall–Kier alpha value is -4.52. The van der Waals surface area contributed by atoms with Crippen LogP contribution in [0.1, 0.15) is 94.5 Å². The molecule has 1 saturated carbocycles. The van der Waals surface area contributed by atoms with E-state index in [-0.39, 0.29) is 46.9 Å². The largest absolute Gasteiger partial charge is 0.507 e. The Labute approximate surface area is 299 Å². The van der Waals surface area contributed by atoms with Crippen LogP contribution in [0.15, 0.2) is 18.2 Å². The maximum absolute atomic E-state index is 13.9. The first-order chi connectivity index (χ1) is 24.9. The van der Waals surface area contributed by atoms with Crippen molar-refractivity contribution in [3.05, 3.63) is 51.6 Å². The van der Waals surface area contributed by atoms with Crippen LogP contribution in [0.2, 0.25) is 0 Å². The molecule has 14 heteroatoms. The van der Waals surface area contributed by atoms with Gasteiger partial charge in [-0.3, -0.25) is 14.4 Å². The zero-order valence-corrected chi connectivity index (χ0v) is 28.7. The summed E-state index contributed by atoms with van der Waals surface area (Å²) in [6.07, 6.45) is -3.17. The molecule has 0 aromatic heterocycles. The molecule has 1 heterocycles. The first-order valence-corrected chi connectivity index (χ1v) is 17.5. The topological polar surface area (TPSA) is 218 Å². The lowest BCUT2D eigenvalue weighted by Gasteiger charge is -2.42. The van der Waals surface area contributed by atoms with E-state index in [0.29, 0.717) is 11.8 Å². The van der Waals surface area contributed by atoms with Crippen molar-refractivity contribution in [3.8, 4) is 29.1 Å². The summed E-state index contributed by atoms with van der Waals surface area (Å²) in [5, 5.41) is 58.2. The molecule has 0 spiro atoms. The lowest BCUT2D eigenvalue weighted by atomic mass is 9.72. The molecule has 0 bridgehead atoms. The van der Waals surface area contributed by atoms with Crippen LogP contribution in [0, 0.1) is 29.6 Å². The number of benzene rings is 2. The predicted octanol–water partition coefficient (Wildman–Crippen LogP) is 2.21. The number of aliphatic hydroxyl groups excluding tert-OH is 2. The number of rotatable bonds is 8. The van der Waals surface area contributed by atoms with E-state index in [2.05, 4.69) is 17.2 Å². The summed E-state index contributed by atoms with van der Waals surface area (Å²) in [7, 11) is 1.32. The number of amides is 1. The van der Waals surface area contributed by atoms with Gasteiger partial charge in [0.2, 0.25) is 5.78 Å². The molecule has 6 N–H and O–H groups in total. The van der Waals surface area contributed by atoms with Gasteiger partial charge in [-0.2, -0.15) is 0 Å². The van der Waals surface area contributed by atoms with Crippen LogP contribution in [-0.4, -0.2) is 99.4 Å². The number of alkyl carbamates (subject to hydrolysis) is 1. The van der Waals surface area contributed by atoms with Gasteiger partial charge in [0.15, 0.2) is 17.9 Å². The Bertz CT molecular complexity index is 1880. The van der Waals surface area contributed by atoms with Crippen molar-refractivity contribution in [1.82, 2.24) is 5.32 Å². The number of phenols is 2. The van der Waals surface area contributed by atoms with E-state index >= 15 is 0 Å². The van der Waals surface area contributed by atoms with Gasteiger partial charge in [0, 0.05) is 48.8 Å². The molecule has 2 unspecified atom stereocenters. The summed E-state index contributed by atoms with van der Waals surface area (Å²) in [5.74, 6) is 3.52. The second-order valence-corrected chi connectivity index (χ2v) is 14.3. The number of nitrogens with one attached hydrogen (secondary N) is 1. The first kappa shape index (κ1) is 35.9. The Kier molecular flexibility index (Phi) is 9.51. The summed E-state index contributed by atoms with van der Waals surface area (Å²) in [5.41, 5.74) is -3.93. The highest BCUT2D eigenvalue weighted by atomic mass is 16.7. The maximum Gasteiger partial charge on any atom is 0.407 e. The van der Waals surface area contributed by atoms with Gasteiger partial charge in [0.05, 0.1) is 48.7 Å². The summed E-state index contributed by atoms with van der Waals surface area (Å²) >= 11 is 0. The van der Waals surface area contributed by atoms with Gasteiger partial charge in [0.25, 0.3) is 0 Å². The minimum absolute atomic E-state index is 0.0741. The Morgan fingerprint density at radius 1 is 1.04 bits per heavy atom. The van der Waals surface area contributed by atoms with Crippen LogP contribution in [0.4, 0.5) is 4.79 Å².